The minimum Gasteiger partial charge on any atom is -0.492 e. The van der Waals surface area contributed by atoms with Crippen LogP contribution in [0.5, 0.6) is 11.5 Å². The van der Waals surface area contributed by atoms with Gasteiger partial charge in [-0.2, -0.15) is 5.10 Å². The van der Waals surface area contributed by atoms with Crippen LogP contribution in [0.4, 0.5) is 5.82 Å². The molecule has 0 spiro atoms. The van der Waals surface area contributed by atoms with Crippen molar-refractivity contribution in [2.75, 3.05) is 26.2 Å². The summed E-state index contributed by atoms with van der Waals surface area (Å²) in [6.07, 6.45) is 2.70. The molecular formula is C13H17N3O4S. The summed E-state index contributed by atoms with van der Waals surface area (Å²) in [4.78, 5) is 0.0630. The van der Waals surface area contributed by atoms with Crippen molar-refractivity contribution in [3.63, 3.8) is 0 Å². The first-order chi connectivity index (χ1) is 9.81. The predicted molar refractivity (Wildman–Crippen MR) is 79.3 cm³/mol. The van der Waals surface area contributed by atoms with Crippen molar-refractivity contribution in [3.05, 3.63) is 18.3 Å². The summed E-state index contributed by atoms with van der Waals surface area (Å²) in [5.41, 5.74) is 7.22. The maximum Gasteiger partial charge on any atom is 0.180 e. The first kappa shape index (κ1) is 15.2. The first-order valence-corrected chi connectivity index (χ1v) is 7.93. The fourth-order valence-corrected chi connectivity index (χ4v) is 2.93. The van der Waals surface area contributed by atoms with Crippen LogP contribution < -0.4 is 15.2 Å². The van der Waals surface area contributed by atoms with Crippen LogP contribution in [-0.2, 0) is 16.9 Å². The molecule has 2 rings (SSSR count). The van der Waals surface area contributed by atoms with E-state index in [1.165, 1.54) is 25.0 Å². The molecule has 114 valence electrons. The fraction of sp³-hybridized carbons (Fsp3) is 0.308. The Morgan fingerprint density at radius 3 is 2.19 bits per heavy atom. The van der Waals surface area contributed by atoms with Gasteiger partial charge in [-0.25, -0.2) is 8.42 Å². The van der Waals surface area contributed by atoms with Crippen LogP contribution in [0.3, 0.4) is 0 Å². The Balaban J connectivity index is 2.79. The lowest BCUT2D eigenvalue weighted by Gasteiger charge is -2.15. The molecule has 7 nitrogen and oxygen atoms in total. The van der Waals surface area contributed by atoms with Crippen LogP contribution in [0.1, 0.15) is 0 Å². The number of nitrogens with zero attached hydrogens (tertiary/aromatic N) is 2. The molecule has 0 aliphatic carbocycles. The van der Waals surface area contributed by atoms with Crippen molar-refractivity contribution >= 4 is 15.7 Å². The van der Waals surface area contributed by atoms with Gasteiger partial charge in [0.15, 0.2) is 21.3 Å². The number of aromatic nitrogens is 2. The second kappa shape index (κ2) is 5.28. The van der Waals surface area contributed by atoms with Gasteiger partial charge in [-0.1, -0.05) is 0 Å². The number of rotatable bonds is 4. The molecule has 0 aliphatic heterocycles. The van der Waals surface area contributed by atoms with E-state index in [9.17, 15) is 8.42 Å². The smallest absolute Gasteiger partial charge is 0.180 e. The highest BCUT2D eigenvalue weighted by Crippen LogP contribution is 2.43. The molecule has 0 radical (unpaired) electrons. The van der Waals surface area contributed by atoms with Gasteiger partial charge in [-0.15, -0.1) is 0 Å². The van der Waals surface area contributed by atoms with Crippen LogP contribution in [0.25, 0.3) is 11.1 Å². The van der Waals surface area contributed by atoms with Crippen LogP contribution >= 0.6 is 0 Å². The number of hydrogen-bond donors (Lipinski definition) is 1. The average molecular weight is 311 g/mol. The van der Waals surface area contributed by atoms with Crippen LogP contribution in [0.2, 0.25) is 0 Å². The topological polar surface area (TPSA) is 96.4 Å². The minimum absolute atomic E-state index is 0.0630. The van der Waals surface area contributed by atoms with Gasteiger partial charge in [0, 0.05) is 24.4 Å². The van der Waals surface area contributed by atoms with Gasteiger partial charge < -0.3 is 15.2 Å². The Morgan fingerprint density at radius 2 is 1.76 bits per heavy atom. The third-order valence-electron chi connectivity index (χ3n) is 3.16. The summed E-state index contributed by atoms with van der Waals surface area (Å²) in [6.45, 7) is 0. The van der Waals surface area contributed by atoms with Crippen molar-refractivity contribution in [1.82, 2.24) is 9.78 Å². The van der Waals surface area contributed by atoms with Gasteiger partial charge in [0.05, 0.1) is 20.4 Å². The molecule has 1 aromatic heterocycles. The average Bonchev–Trinajstić information content (AvgIpc) is 2.76. The summed E-state index contributed by atoms with van der Waals surface area (Å²) < 4.78 is 35.7. The molecule has 0 saturated heterocycles. The van der Waals surface area contributed by atoms with Crippen molar-refractivity contribution in [2.45, 2.75) is 4.90 Å². The van der Waals surface area contributed by atoms with Crippen molar-refractivity contribution in [1.29, 1.82) is 0 Å². The SMILES string of the molecule is COc1c(-c2cnn(C)c2N)ccc(S(C)(=O)=O)c1OC. The summed E-state index contributed by atoms with van der Waals surface area (Å²) in [7, 11) is 1.11. The minimum atomic E-state index is -3.44. The van der Waals surface area contributed by atoms with E-state index >= 15 is 0 Å². The highest BCUT2D eigenvalue weighted by molar-refractivity contribution is 7.90. The number of nitrogens with two attached hydrogens (primary N) is 1. The molecular weight excluding hydrogens is 294 g/mol. The fourth-order valence-electron chi connectivity index (χ4n) is 2.10. The predicted octanol–water partition coefficient (Wildman–Crippen LogP) is 1.09. The number of nitrogen functional groups attached to an aromatic ring is 1. The lowest BCUT2D eigenvalue weighted by Crippen LogP contribution is -2.04. The number of ether oxygens (including phenoxy) is 2. The molecule has 0 atom stereocenters. The number of methoxy groups -OCH3 is 2. The molecule has 1 aromatic carbocycles. The normalized spacial score (nSPS) is 11.4. The zero-order chi connectivity index (χ0) is 15.8. The standard InChI is InChI=1S/C13H17N3O4S/c1-16-13(14)9(7-15-16)8-5-6-10(21(4,17)18)12(20-3)11(8)19-2/h5-7H,14H2,1-4H3. The lowest BCUT2D eigenvalue weighted by molar-refractivity contribution is 0.348. The van der Waals surface area contributed by atoms with Gasteiger partial charge >= 0.3 is 0 Å². The van der Waals surface area contributed by atoms with Gasteiger partial charge in [-0.3, -0.25) is 4.68 Å². The number of sulfone groups is 1. The third-order valence-corrected chi connectivity index (χ3v) is 4.28. The second-order valence-corrected chi connectivity index (χ2v) is 6.50. The number of aryl methyl sites for hydroxylation is 1. The molecule has 0 bridgehead atoms. The van der Waals surface area contributed by atoms with Gasteiger partial charge in [-0.05, 0) is 12.1 Å². The van der Waals surface area contributed by atoms with Crippen molar-refractivity contribution < 1.29 is 17.9 Å². The maximum absolute atomic E-state index is 11.8. The number of anilines is 1. The molecule has 1 heterocycles. The summed E-state index contributed by atoms with van der Waals surface area (Å²) in [5, 5.41) is 4.07. The van der Waals surface area contributed by atoms with Crippen LogP contribution in [-0.4, -0.2) is 38.7 Å². The molecule has 0 aliphatic rings. The summed E-state index contributed by atoms with van der Waals surface area (Å²) in [5.74, 6) is 0.906. The van der Waals surface area contributed by atoms with Gasteiger partial charge in [0.2, 0.25) is 0 Å². The van der Waals surface area contributed by atoms with E-state index in [0.717, 1.165) is 6.26 Å². The second-order valence-electron chi connectivity index (χ2n) is 4.52. The van der Waals surface area contributed by atoms with E-state index in [4.69, 9.17) is 15.2 Å². The van der Waals surface area contributed by atoms with Crippen molar-refractivity contribution in [3.8, 4) is 22.6 Å². The largest absolute Gasteiger partial charge is 0.492 e. The van der Waals surface area contributed by atoms with Gasteiger partial charge in [0.25, 0.3) is 0 Å². The van der Waals surface area contributed by atoms with Gasteiger partial charge in [0.1, 0.15) is 10.7 Å². The Morgan fingerprint density at radius 1 is 1.14 bits per heavy atom. The Kier molecular flexibility index (Phi) is 3.82. The molecule has 8 heteroatoms. The summed E-state index contributed by atoms with van der Waals surface area (Å²) >= 11 is 0. The Hall–Kier alpha value is -2.22. The lowest BCUT2D eigenvalue weighted by atomic mass is 10.1. The van der Waals surface area contributed by atoms with Crippen LogP contribution in [0.15, 0.2) is 23.2 Å². The first-order valence-electron chi connectivity index (χ1n) is 6.04. The molecule has 2 N–H and O–H groups in total. The quantitative estimate of drug-likeness (QED) is 0.908. The van der Waals surface area contributed by atoms with Crippen LogP contribution in [0, 0.1) is 0 Å². The van der Waals surface area contributed by atoms with Crippen molar-refractivity contribution in [2.24, 2.45) is 7.05 Å². The highest BCUT2D eigenvalue weighted by Gasteiger charge is 2.23. The number of hydrogen-bond acceptors (Lipinski definition) is 6. The molecule has 2 aromatic rings. The van der Waals surface area contributed by atoms with E-state index in [0.29, 0.717) is 22.7 Å². The zero-order valence-corrected chi connectivity index (χ0v) is 13.1. The molecule has 0 amide bonds. The van der Waals surface area contributed by atoms with E-state index in [2.05, 4.69) is 5.10 Å². The summed E-state index contributed by atoms with van der Waals surface area (Å²) in [6, 6.07) is 3.10. The zero-order valence-electron chi connectivity index (χ0n) is 12.2. The molecule has 0 fully saturated rings. The van der Waals surface area contributed by atoms with E-state index in [-0.39, 0.29) is 10.6 Å². The van der Waals surface area contributed by atoms with E-state index < -0.39 is 9.84 Å². The highest BCUT2D eigenvalue weighted by atomic mass is 32.2. The van der Waals surface area contributed by atoms with E-state index in [1.54, 1.807) is 19.3 Å². The molecule has 21 heavy (non-hydrogen) atoms. The monoisotopic (exact) mass is 311 g/mol. The van der Waals surface area contributed by atoms with E-state index in [1.807, 2.05) is 0 Å². The molecule has 0 saturated carbocycles. The molecule has 0 unspecified atom stereocenters. The number of benzene rings is 1. The Labute approximate surface area is 123 Å². The maximum atomic E-state index is 11.8. The third kappa shape index (κ3) is 2.54. The Bertz CT molecular complexity index is 781.